The molecule has 28 heavy (non-hydrogen) atoms. The summed E-state index contributed by atoms with van der Waals surface area (Å²) in [6.07, 6.45) is 15.1. The van der Waals surface area contributed by atoms with Crippen LogP contribution in [0.2, 0.25) is 0 Å². The van der Waals surface area contributed by atoms with Crippen LogP contribution in [0.15, 0.2) is 23.3 Å². The molecule has 3 aliphatic heterocycles. The first-order valence-electron chi connectivity index (χ1n) is 11.2. The van der Waals surface area contributed by atoms with Crippen molar-refractivity contribution in [3.05, 3.63) is 23.3 Å². The van der Waals surface area contributed by atoms with Crippen LogP contribution in [0.3, 0.4) is 0 Å². The molecule has 5 heteroatoms. The van der Waals surface area contributed by atoms with Crippen LogP contribution in [0, 0.1) is 17.8 Å². The molecule has 3 heterocycles. The Balaban J connectivity index is 1.66. The standard InChI is InChI=1S/C23H34ClNO3/c1-16-6-9-20(26)14-18(24)10-13-28-22(27)17-7-8-19-4-2-11-23(25(19)15-17)12-3-5-21(16)23/h6,9,14,16-17,19-21,26H,2-5,7-8,10-13,15H2,1H3/b9-6-,18-14+/t16-,17?,19+,20+,21?,23+/m1/s1. The van der Waals surface area contributed by atoms with Gasteiger partial charge in [0, 0.05) is 29.6 Å². The second kappa shape index (κ2) is 8.49. The molecule has 4 aliphatic rings. The van der Waals surface area contributed by atoms with Crippen LogP contribution in [0.25, 0.3) is 0 Å². The number of carbonyl (C=O) groups is 1. The van der Waals surface area contributed by atoms with E-state index in [1.54, 1.807) is 6.08 Å². The quantitative estimate of drug-likeness (QED) is 0.477. The number of piperidine rings is 2. The van der Waals surface area contributed by atoms with Crippen LogP contribution in [0.4, 0.5) is 0 Å². The molecule has 3 fully saturated rings. The first-order chi connectivity index (χ1) is 13.5. The third-order valence-electron chi connectivity index (χ3n) is 7.76. The molecular formula is C23H34ClNO3. The molecule has 2 unspecified atom stereocenters. The predicted octanol–water partition coefficient (Wildman–Crippen LogP) is 4.41. The van der Waals surface area contributed by atoms with E-state index < -0.39 is 6.10 Å². The molecule has 1 spiro atoms. The maximum atomic E-state index is 12.7. The lowest BCUT2D eigenvalue weighted by molar-refractivity contribution is -0.154. The fourth-order valence-electron chi connectivity index (χ4n) is 6.47. The minimum atomic E-state index is -0.688. The predicted molar refractivity (Wildman–Crippen MR) is 111 cm³/mol. The highest BCUT2D eigenvalue weighted by Crippen LogP contribution is 2.53. The topological polar surface area (TPSA) is 49.8 Å². The zero-order valence-electron chi connectivity index (χ0n) is 17.0. The molecule has 6 atom stereocenters. The smallest absolute Gasteiger partial charge is 0.310 e. The van der Waals surface area contributed by atoms with E-state index >= 15 is 0 Å². The van der Waals surface area contributed by atoms with Gasteiger partial charge in [-0.05, 0) is 56.4 Å². The van der Waals surface area contributed by atoms with Gasteiger partial charge in [-0.15, -0.1) is 0 Å². The first-order valence-corrected chi connectivity index (χ1v) is 11.5. The number of rotatable bonds is 0. The Bertz CT molecular complexity index is 648. The van der Waals surface area contributed by atoms with Gasteiger partial charge in [0.2, 0.25) is 0 Å². The number of aliphatic hydroxyl groups excluding tert-OH is 1. The van der Waals surface area contributed by atoms with Gasteiger partial charge < -0.3 is 9.84 Å². The van der Waals surface area contributed by atoms with Crippen molar-refractivity contribution < 1.29 is 14.6 Å². The van der Waals surface area contributed by atoms with Gasteiger partial charge in [0.1, 0.15) is 0 Å². The summed E-state index contributed by atoms with van der Waals surface area (Å²) in [6.45, 7) is 3.43. The molecule has 1 saturated carbocycles. The molecule has 0 aromatic carbocycles. The van der Waals surface area contributed by atoms with Crippen LogP contribution in [0.1, 0.15) is 64.7 Å². The molecule has 0 amide bonds. The number of hydrogen-bond acceptors (Lipinski definition) is 4. The SMILES string of the molecule is C[C@@H]1/C=C\[C@H](O)/C=C(/Cl)CCOC(=O)C2CC[C@@H]3CCC[C@@]4(CCCC14)N3C2. The molecule has 0 aromatic heterocycles. The largest absolute Gasteiger partial charge is 0.465 e. The van der Waals surface area contributed by atoms with Gasteiger partial charge in [-0.3, -0.25) is 9.69 Å². The van der Waals surface area contributed by atoms with Crippen LogP contribution in [0.5, 0.6) is 0 Å². The summed E-state index contributed by atoms with van der Waals surface area (Å²) in [5.74, 6) is 0.898. The number of hydrogen-bond donors (Lipinski definition) is 1. The third kappa shape index (κ3) is 3.93. The minimum absolute atomic E-state index is 0.0169. The molecule has 4 nitrogen and oxygen atoms in total. The highest BCUT2D eigenvalue weighted by atomic mass is 35.5. The van der Waals surface area contributed by atoms with Crippen molar-refractivity contribution in [3.8, 4) is 0 Å². The summed E-state index contributed by atoms with van der Waals surface area (Å²) in [6, 6.07) is 0.618. The van der Waals surface area contributed by atoms with E-state index in [-0.39, 0.29) is 24.0 Å². The van der Waals surface area contributed by atoms with Gasteiger partial charge in [-0.1, -0.05) is 43.5 Å². The molecule has 1 aliphatic carbocycles. The van der Waals surface area contributed by atoms with E-state index in [0.29, 0.717) is 29.3 Å². The maximum Gasteiger partial charge on any atom is 0.310 e. The number of nitrogens with zero attached hydrogens (tertiary/aromatic N) is 1. The number of allylic oxidation sites excluding steroid dienone is 1. The van der Waals surface area contributed by atoms with Crippen molar-refractivity contribution in [2.75, 3.05) is 13.2 Å². The number of carbonyl (C=O) groups excluding carboxylic acids is 1. The Morgan fingerprint density at radius 2 is 1.96 bits per heavy atom. The Morgan fingerprint density at radius 3 is 2.79 bits per heavy atom. The molecule has 0 aromatic rings. The van der Waals surface area contributed by atoms with Gasteiger partial charge in [-0.25, -0.2) is 0 Å². The van der Waals surface area contributed by atoms with Crippen molar-refractivity contribution in [3.63, 3.8) is 0 Å². The van der Waals surface area contributed by atoms with Crippen molar-refractivity contribution >= 4 is 17.6 Å². The van der Waals surface area contributed by atoms with Gasteiger partial charge >= 0.3 is 5.97 Å². The third-order valence-corrected chi connectivity index (χ3v) is 8.07. The Kier molecular flexibility index (Phi) is 6.20. The summed E-state index contributed by atoms with van der Waals surface area (Å²) in [7, 11) is 0. The summed E-state index contributed by atoms with van der Waals surface area (Å²) in [5, 5.41) is 10.9. The maximum absolute atomic E-state index is 12.7. The van der Waals surface area contributed by atoms with Gasteiger partial charge in [0.25, 0.3) is 0 Å². The second-order valence-electron chi connectivity index (χ2n) is 9.34. The molecule has 2 saturated heterocycles. The zero-order chi connectivity index (χ0) is 19.7. The summed E-state index contributed by atoms with van der Waals surface area (Å²) >= 11 is 6.23. The average molecular weight is 408 g/mol. The molecule has 156 valence electrons. The summed E-state index contributed by atoms with van der Waals surface area (Å²) in [4.78, 5) is 15.5. The van der Waals surface area contributed by atoms with Crippen molar-refractivity contribution in [2.24, 2.45) is 17.8 Å². The molecular weight excluding hydrogens is 374 g/mol. The lowest BCUT2D eigenvalue weighted by Gasteiger charge is -2.56. The second-order valence-corrected chi connectivity index (χ2v) is 9.83. The Hall–Kier alpha value is -0.840. The first kappa shape index (κ1) is 20.4. The zero-order valence-corrected chi connectivity index (χ0v) is 17.7. The number of halogens is 1. The van der Waals surface area contributed by atoms with E-state index in [1.165, 1.54) is 38.5 Å². The van der Waals surface area contributed by atoms with Crippen molar-refractivity contribution in [1.29, 1.82) is 0 Å². The van der Waals surface area contributed by atoms with E-state index in [0.717, 1.165) is 19.4 Å². The number of esters is 1. The number of ether oxygens (including phenoxy) is 1. The van der Waals surface area contributed by atoms with Crippen molar-refractivity contribution in [1.82, 2.24) is 4.90 Å². The van der Waals surface area contributed by atoms with Gasteiger partial charge in [-0.2, -0.15) is 0 Å². The highest BCUT2D eigenvalue weighted by molar-refractivity contribution is 6.29. The summed E-state index contributed by atoms with van der Waals surface area (Å²) in [5.41, 5.74) is 0.213. The van der Waals surface area contributed by atoms with E-state index in [1.807, 2.05) is 6.08 Å². The fraction of sp³-hybridized carbons (Fsp3) is 0.783. The average Bonchev–Trinajstić information content (AvgIpc) is 3.09. The normalized spacial score (nSPS) is 45.8. The van der Waals surface area contributed by atoms with Crippen LogP contribution in [-0.4, -0.2) is 46.8 Å². The minimum Gasteiger partial charge on any atom is -0.465 e. The monoisotopic (exact) mass is 407 g/mol. The van der Waals surface area contributed by atoms with Crippen LogP contribution in [-0.2, 0) is 9.53 Å². The van der Waals surface area contributed by atoms with Crippen molar-refractivity contribution in [2.45, 2.75) is 82.4 Å². The van der Waals surface area contributed by atoms with E-state index in [4.69, 9.17) is 16.3 Å². The summed E-state index contributed by atoms with van der Waals surface area (Å²) < 4.78 is 5.57. The van der Waals surface area contributed by atoms with Gasteiger partial charge in [0.05, 0.1) is 18.6 Å². The highest BCUT2D eigenvalue weighted by Gasteiger charge is 2.53. The molecule has 4 rings (SSSR count). The van der Waals surface area contributed by atoms with Crippen LogP contribution >= 0.6 is 11.6 Å². The number of aliphatic hydroxyl groups is 1. The fourth-order valence-corrected chi connectivity index (χ4v) is 6.67. The number of cyclic esters (lactones) is 1. The molecule has 2 bridgehead atoms. The van der Waals surface area contributed by atoms with E-state index in [2.05, 4.69) is 17.9 Å². The molecule has 1 N–H and O–H groups in total. The number of fused-ring (bicyclic) bond motifs is 1. The van der Waals surface area contributed by atoms with E-state index in [9.17, 15) is 9.90 Å². The Labute approximate surface area is 173 Å². The molecule has 0 radical (unpaired) electrons. The lowest BCUT2D eigenvalue weighted by atomic mass is 9.69. The Morgan fingerprint density at radius 1 is 1.18 bits per heavy atom. The van der Waals surface area contributed by atoms with Crippen LogP contribution < -0.4 is 0 Å². The van der Waals surface area contributed by atoms with Gasteiger partial charge in [0.15, 0.2) is 0 Å². The lowest BCUT2D eigenvalue weighted by Crippen LogP contribution is -2.62.